The SMILES string of the molecule is CC(O[Si](C)(C)C(C)(C)C)C1C(=O)NC1C(C)C(=O)CBr. The Balaban J connectivity index is 2.79. The van der Waals surface area contributed by atoms with Crippen LogP contribution in [-0.2, 0) is 14.0 Å². The highest BCUT2D eigenvalue weighted by Gasteiger charge is 2.50. The van der Waals surface area contributed by atoms with Crippen molar-refractivity contribution in [2.24, 2.45) is 11.8 Å². The molecule has 0 aromatic heterocycles. The van der Waals surface area contributed by atoms with E-state index in [0.717, 1.165) is 0 Å². The summed E-state index contributed by atoms with van der Waals surface area (Å²) in [4.78, 5) is 23.8. The standard InChI is InChI=1S/C15H28BrNO3Si/c1-9(11(18)8-16)13-12(14(19)17-13)10(2)20-21(6,7)15(3,4)5/h9-10,12-13H,8H2,1-7H3,(H,17,19). The third kappa shape index (κ3) is 3.96. The first kappa shape index (κ1) is 18.8. The lowest BCUT2D eigenvalue weighted by Gasteiger charge is -2.46. The quantitative estimate of drug-likeness (QED) is 0.439. The third-order valence-corrected chi connectivity index (χ3v) is 10.1. The Morgan fingerprint density at radius 1 is 1.38 bits per heavy atom. The molecule has 6 heteroatoms. The predicted octanol–water partition coefficient (Wildman–Crippen LogP) is 3.11. The molecule has 1 rings (SSSR count). The molecule has 122 valence electrons. The van der Waals surface area contributed by atoms with Gasteiger partial charge in [-0.15, -0.1) is 0 Å². The summed E-state index contributed by atoms with van der Waals surface area (Å²) in [6.45, 7) is 14.7. The van der Waals surface area contributed by atoms with Crippen LogP contribution >= 0.6 is 15.9 Å². The smallest absolute Gasteiger partial charge is 0.228 e. The minimum absolute atomic E-state index is 0.000400. The van der Waals surface area contributed by atoms with Crippen LogP contribution in [0.1, 0.15) is 34.6 Å². The van der Waals surface area contributed by atoms with Crippen LogP contribution in [0.2, 0.25) is 18.1 Å². The second kappa shape index (κ2) is 6.50. The van der Waals surface area contributed by atoms with Gasteiger partial charge in [-0.3, -0.25) is 9.59 Å². The van der Waals surface area contributed by atoms with Crippen molar-refractivity contribution in [3.63, 3.8) is 0 Å². The topological polar surface area (TPSA) is 55.4 Å². The summed E-state index contributed by atoms with van der Waals surface area (Å²) in [7, 11) is -1.92. The van der Waals surface area contributed by atoms with Crippen molar-refractivity contribution in [1.29, 1.82) is 0 Å². The third-order valence-electron chi connectivity index (χ3n) is 4.97. The van der Waals surface area contributed by atoms with E-state index in [2.05, 4.69) is 55.1 Å². The Bertz CT molecular complexity index is 420. The van der Waals surface area contributed by atoms with Gasteiger partial charge >= 0.3 is 0 Å². The Morgan fingerprint density at radius 2 is 1.90 bits per heavy atom. The molecule has 1 amide bonds. The number of hydrogen-bond donors (Lipinski definition) is 1. The highest BCUT2D eigenvalue weighted by molar-refractivity contribution is 9.09. The van der Waals surface area contributed by atoms with Crippen LogP contribution in [0.4, 0.5) is 0 Å². The summed E-state index contributed by atoms with van der Waals surface area (Å²) in [5, 5.41) is 3.30. The van der Waals surface area contributed by atoms with Crippen LogP contribution in [0, 0.1) is 11.8 Å². The number of alkyl halides is 1. The molecular formula is C15H28BrNO3Si. The normalized spacial score (nSPS) is 25.8. The fraction of sp³-hybridized carbons (Fsp3) is 0.867. The van der Waals surface area contributed by atoms with Gasteiger partial charge in [0.15, 0.2) is 8.32 Å². The summed E-state index contributed by atoms with van der Waals surface area (Å²) in [6, 6.07) is -0.109. The van der Waals surface area contributed by atoms with Gasteiger partial charge in [-0.1, -0.05) is 43.6 Å². The zero-order valence-electron chi connectivity index (χ0n) is 14.1. The van der Waals surface area contributed by atoms with Gasteiger partial charge in [0.25, 0.3) is 0 Å². The average Bonchev–Trinajstić information content (AvgIpc) is 2.31. The Morgan fingerprint density at radius 3 is 2.29 bits per heavy atom. The van der Waals surface area contributed by atoms with Crippen molar-refractivity contribution >= 4 is 35.9 Å². The van der Waals surface area contributed by atoms with E-state index in [-0.39, 0.29) is 40.7 Å². The highest BCUT2D eigenvalue weighted by Crippen LogP contribution is 2.39. The first-order valence-electron chi connectivity index (χ1n) is 7.49. The van der Waals surface area contributed by atoms with Gasteiger partial charge in [0, 0.05) is 5.92 Å². The molecule has 0 bridgehead atoms. The number of rotatable bonds is 6. The van der Waals surface area contributed by atoms with E-state index >= 15 is 0 Å². The zero-order valence-corrected chi connectivity index (χ0v) is 16.7. The van der Waals surface area contributed by atoms with Crippen LogP contribution in [0.3, 0.4) is 0 Å². The van der Waals surface area contributed by atoms with Crippen molar-refractivity contribution in [3.8, 4) is 0 Å². The highest BCUT2D eigenvalue weighted by atomic mass is 79.9. The number of carbonyl (C=O) groups excluding carboxylic acids is 2. The molecule has 0 radical (unpaired) electrons. The van der Waals surface area contributed by atoms with Crippen molar-refractivity contribution in [1.82, 2.24) is 5.32 Å². The van der Waals surface area contributed by atoms with Gasteiger partial charge in [-0.2, -0.15) is 0 Å². The molecule has 4 unspecified atom stereocenters. The maximum atomic E-state index is 11.9. The number of halogens is 1. The maximum absolute atomic E-state index is 11.9. The molecule has 1 aliphatic heterocycles. The van der Waals surface area contributed by atoms with Crippen LogP contribution in [0.15, 0.2) is 0 Å². The molecule has 4 atom stereocenters. The van der Waals surface area contributed by atoms with Gasteiger partial charge in [0.2, 0.25) is 5.91 Å². The Labute approximate surface area is 137 Å². The van der Waals surface area contributed by atoms with E-state index < -0.39 is 8.32 Å². The molecule has 21 heavy (non-hydrogen) atoms. The van der Waals surface area contributed by atoms with Crippen molar-refractivity contribution in [2.75, 3.05) is 5.33 Å². The minimum atomic E-state index is -1.92. The van der Waals surface area contributed by atoms with E-state index in [9.17, 15) is 9.59 Å². The fourth-order valence-corrected chi connectivity index (χ4v) is 4.34. The first-order chi connectivity index (χ1) is 9.42. The Kier molecular flexibility index (Phi) is 5.84. The molecule has 0 spiro atoms. The molecule has 0 aliphatic carbocycles. The molecule has 1 N–H and O–H groups in total. The van der Waals surface area contributed by atoms with E-state index in [1.807, 2.05) is 13.8 Å². The summed E-state index contributed by atoms with van der Waals surface area (Å²) in [5.74, 6) is -0.292. The van der Waals surface area contributed by atoms with Crippen molar-refractivity contribution in [2.45, 2.75) is 64.9 Å². The van der Waals surface area contributed by atoms with Gasteiger partial charge in [-0.05, 0) is 25.1 Å². The maximum Gasteiger partial charge on any atom is 0.228 e. The van der Waals surface area contributed by atoms with Gasteiger partial charge in [-0.25, -0.2) is 0 Å². The molecule has 0 aromatic rings. The van der Waals surface area contributed by atoms with Crippen LogP contribution in [0.25, 0.3) is 0 Å². The number of nitrogens with one attached hydrogen (secondary N) is 1. The number of ketones is 1. The summed E-state index contributed by atoms with van der Waals surface area (Å²) < 4.78 is 6.33. The number of amides is 1. The monoisotopic (exact) mass is 377 g/mol. The Hall–Kier alpha value is -0.203. The minimum Gasteiger partial charge on any atom is -0.413 e. The first-order valence-corrected chi connectivity index (χ1v) is 11.5. The number of β-lactam (4-membered cyclic amide) rings is 1. The number of carbonyl (C=O) groups is 2. The largest absolute Gasteiger partial charge is 0.413 e. The molecule has 1 aliphatic rings. The van der Waals surface area contributed by atoms with Crippen molar-refractivity contribution in [3.05, 3.63) is 0 Å². The lowest BCUT2D eigenvalue weighted by Crippen LogP contribution is -2.66. The lowest BCUT2D eigenvalue weighted by atomic mass is 9.77. The van der Waals surface area contributed by atoms with Crippen LogP contribution in [-0.4, -0.2) is 37.5 Å². The number of hydrogen-bond acceptors (Lipinski definition) is 3. The number of Topliss-reactive ketones (excluding diaryl/α,β-unsaturated/α-hetero) is 1. The fourth-order valence-electron chi connectivity index (χ4n) is 2.40. The molecule has 0 aromatic carbocycles. The summed E-state index contributed by atoms with van der Waals surface area (Å²) in [5.41, 5.74) is 0. The summed E-state index contributed by atoms with van der Waals surface area (Å²) in [6.07, 6.45) is -0.157. The molecule has 4 nitrogen and oxygen atoms in total. The van der Waals surface area contributed by atoms with Crippen LogP contribution < -0.4 is 5.32 Å². The molecule has 0 saturated carbocycles. The predicted molar refractivity (Wildman–Crippen MR) is 91.1 cm³/mol. The second-order valence-corrected chi connectivity index (χ2v) is 12.8. The van der Waals surface area contributed by atoms with E-state index in [0.29, 0.717) is 5.33 Å². The van der Waals surface area contributed by atoms with E-state index in [4.69, 9.17) is 4.43 Å². The average molecular weight is 378 g/mol. The van der Waals surface area contributed by atoms with Gasteiger partial charge < -0.3 is 9.74 Å². The molecule has 1 saturated heterocycles. The lowest BCUT2D eigenvalue weighted by molar-refractivity contribution is -0.143. The van der Waals surface area contributed by atoms with Gasteiger partial charge in [0.05, 0.1) is 23.4 Å². The molecule has 1 fully saturated rings. The van der Waals surface area contributed by atoms with Crippen LogP contribution in [0.5, 0.6) is 0 Å². The zero-order chi connectivity index (χ0) is 16.6. The van der Waals surface area contributed by atoms with E-state index in [1.165, 1.54) is 0 Å². The second-order valence-electron chi connectivity index (χ2n) is 7.53. The van der Waals surface area contributed by atoms with Gasteiger partial charge in [0.1, 0.15) is 5.78 Å². The summed E-state index contributed by atoms with van der Waals surface area (Å²) >= 11 is 3.20. The molecule has 1 heterocycles. The van der Waals surface area contributed by atoms with Crippen molar-refractivity contribution < 1.29 is 14.0 Å². The molecular weight excluding hydrogens is 350 g/mol. The van der Waals surface area contributed by atoms with E-state index in [1.54, 1.807) is 0 Å².